The molecule has 0 fully saturated rings. The lowest BCUT2D eigenvalue weighted by Gasteiger charge is -2.20. The Bertz CT molecular complexity index is 823. The summed E-state index contributed by atoms with van der Waals surface area (Å²) in [6.07, 6.45) is 6.40. The molecule has 0 N–H and O–H groups in total. The van der Waals surface area contributed by atoms with E-state index in [1.165, 1.54) is 0 Å². The average molecular weight is 411 g/mol. The molecule has 146 valence electrons. The van der Waals surface area contributed by atoms with Gasteiger partial charge in [0.15, 0.2) is 0 Å². The molecule has 0 unspecified atom stereocenters. The maximum Gasteiger partial charge on any atom is 0.334 e. The highest BCUT2D eigenvalue weighted by molar-refractivity contribution is 6.28. The van der Waals surface area contributed by atoms with Crippen molar-refractivity contribution in [1.29, 1.82) is 0 Å². The third-order valence-corrected chi connectivity index (χ3v) is 4.19. The van der Waals surface area contributed by atoms with Gasteiger partial charge in [-0.05, 0) is 69.0 Å². The summed E-state index contributed by atoms with van der Waals surface area (Å²) in [7, 11) is 1.58. The van der Waals surface area contributed by atoms with Gasteiger partial charge in [0.2, 0.25) is 5.28 Å². The van der Waals surface area contributed by atoms with Crippen molar-refractivity contribution in [3.05, 3.63) is 47.0 Å². The molecule has 2 rings (SSSR count). The van der Waals surface area contributed by atoms with E-state index < -0.39 is 5.60 Å². The Morgan fingerprint density at radius 1 is 1.33 bits per heavy atom. The van der Waals surface area contributed by atoms with Crippen LogP contribution in [0.5, 0.6) is 5.75 Å². The summed E-state index contributed by atoms with van der Waals surface area (Å²) in [5.41, 5.74) is 1.59. The second-order valence-electron chi connectivity index (χ2n) is 6.96. The number of benzene rings is 1. The van der Waals surface area contributed by atoms with E-state index in [-0.39, 0.29) is 5.97 Å². The number of nitrogens with zero attached hydrogens (tertiary/aromatic N) is 2. The first kappa shape index (κ1) is 21.3. The first-order chi connectivity index (χ1) is 12.7. The Morgan fingerprint density at radius 2 is 2.07 bits per heavy atom. The van der Waals surface area contributed by atoms with Gasteiger partial charge < -0.3 is 9.47 Å². The highest BCUT2D eigenvalue weighted by atomic mass is 35.5. The summed E-state index contributed by atoms with van der Waals surface area (Å²) < 4.78 is 12.7. The molecule has 0 amide bonds. The normalized spacial score (nSPS) is 12.1. The summed E-state index contributed by atoms with van der Waals surface area (Å²) in [4.78, 5) is 16.5. The molecule has 0 spiro atoms. The van der Waals surface area contributed by atoms with Gasteiger partial charge in [-0.3, -0.25) is 4.57 Å². The molecule has 0 saturated heterocycles. The molecule has 5 nitrogen and oxygen atoms in total. The standard InChI is InChI=1S/C20H24Cl2N2O3/c1-20(2,3)27-18(25)15(6-5-9-21)12-14-7-8-16(17(13-14)26-4)24-11-10-23-19(24)22/h7-8,10-13H,5-6,9H2,1-4H3. The minimum Gasteiger partial charge on any atom is -0.495 e. The molecule has 7 heteroatoms. The molecule has 0 bridgehead atoms. The van der Waals surface area contributed by atoms with E-state index in [0.29, 0.717) is 35.3 Å². The van der Waals surface area contributed by atoms with Crippen LogP contribution in [0, 0.1) is 0 Å². The Balaban J connectivity index is 2.38. The van der Waals surface area contributed by atoms with E-state index in [0.717, 1.165) is 11.3 Å². The van der Waals surface area contributed by atoms with E-state index in [4.69, 9.17) is 32.7 Å². The van der Waals surface area contributed by atoms with Crippen LogP contribution in [0.15, 0.2) is 36.2 Å². The third kappa shape index (κ3) is 6.01. The Labute approximate surface area is 169 Å². The van der Waals surface area contributed by atoms with Gasteiger partial charge in [0, 0.05) is 23.8 Å². The van der Waals surface area contributed by atoms with Crippen LogP contribution in [0.2, 0.25) is 5.28 Å². The van der Waals surface area contributed by atoms with Crippen LogP contribution in [-0.4, -0.2) is 34.1 Å². The van der Waals surface area contributed by atoms with Crippen molar-refractivity contribution in [3.63, 3.8) is 0 Å². The van der Waals surface area contributed by atoms with Crippen LogP contribution >= 0.6 is 23.2 Å². The van der Waals surface area contributed by atoms with Gasteiger partial charge >= 0.3 is 5.97 Å². The van der Waals surface area contributed by atoms with Crippen molar-refractivity contribution in [2.24, 2.45) is 0 Å². The van der Waals surface area contributed by atoms with Crippen molar-refractivity contribution < 1.29 is 14.3 Å². The summed E-state index contributed by atoms with van der Waals surface area (Å²) >= 11 is 11.9. The number of carbonyl (C=O) groups is 1. The molecular weight excluding hydrogens is 387 g/mol. The van der Waals surface area contributed by atoms with Crippen molar-refractivity contribution in [2.45, 2.75) is 39.2 Å². The molecule has 2 aromatic rings. The molecule has 0 aliphatic rings. The lowest BCUT2D eigenvalue weighted by molar-refractivity contribution is -0.149. The zero-order chi connectivity index (χ0) is 20.0. The number of imidazole rings is 1. The molecule has 0 radical (unpaired) electrons. The van der Waals surface area contributed by atoms with Gasteiger partial charge in [0.25, 0.3) is 0 Å². The molecule has 1 aromatic carbocycles. The van der Waals surface area contributed by atoms with Gasteiger partial charge in [0.05, 0.1) is 12.8 Å². The zero-order valence-electron chi connectivity index (χ0n) is 16.0. The molecule has 0 atom stereocenters. The van der Waals surface area contributed by atoms with E-state index in [9.17, 15) is 4.79 Å². The second kappa shape index (κ2) is 9.29. The fourth-order valence-corrected chi connectivity index (χ4v) is 2.82. The van der Waals surface area contributed by atoms with Crippen molar-refractivity contribution in [2.75, 3.05) is 13.0 Å². The van der Waals surface area contributed by atoms with E-state index >= 15 is 0 Å². The number of carbonyl (C=O) groups excluding carboxylic acids is 1. The molecule has 0 saturated carbocycles. The molecule has 1 aromatic heterocycles. The number of halogens is 2. The lowest BCUT2D eigenvalue weighted by Crippen LogP contribution is -2.25. The lowest BCUT2D eigenvalue weighted by atomic mass is 10.1. The minimum absolute atomic E-state index is 0.340. The smallest absolute Gasteiger partial charge is 0.334 e. The maximum atomic E-state index is 12.5. The second-order valence-corrected chi connectivity index (χ2v) is 7.68. The highest BCUT2D eigenvalue weighted by Crippen LogP contribution is 2.28. The van der Waals surface area contributed by atoms with E-state index in [1.54, 1.807) is 24.1 Å². The summed E-state index contributed by atoms with van der Waals surface area (Å²) in [6.45, 7) is 5.53. The topological polar surface area (TPSA) is 53.4 Å². The quantitative estimate of drug-likeness (QED) is 0.354. The van der Waals surface area contributed by atoms with Crippen LogP contribution in [-0.2, 0) is 9.53 Å². The van der Waals surface area contributed by atoms with Gasteiger partial charge in [0.1, 0.15) is 11.4 Å². The molecule has 0 aliphatic carbocycles. The number of ether oxygens (including phenoxy) is 2. The first-order valence-electron chi connectivity index (χ1n) is 8.62. The Hall–Kier alpha value is -1.98. The minimum atomic E-state index is -0.559. The molecule has 1 heterocycles. The van der Waals surface area contributed by atoms with Crippen molar-refractivity contribution in [1.82, 2.24) is 9.55 Å². The van der Waals surface area contributed by atoms with Gasteiger partial charge in [-0.2, -0.15) is 0 Å². The highest BCUT2D eigenvalue weighted by Gasteiger charge is 2.20. The number of alkyl halides is 1. The van der Waals surface area contributed by atoms with E-state index in [2.05, 4.69) is 4.98 Å². The predicted octanol–water partition coefficient (Wildman–Crippen LogP) is 5.28. The van der Waals surface area contributed by atoms with Gasteiger partial charge in [-0.1, -0.05) is 6.07 Å². The van der Waals surface area contributed by atoms with E-state index in [1.807, 2.05) is 45.0 Å². The van der Waals surface area contributed by atoms with Gasteiger partial charge in [-0.15, -0.1) is 11.6 Å². The van der Waals surface area contributed by atoms with Crippen LogP contribution in [0.3, 0.4) is 0 Å². The van der Waals surface area contributed by atoms with Crippen molar-refractivity contribution in [3.8, 4) is 11.4 Å². The first-order valence-corrected chi connectivity index (χ1v) is 9.53. The Morgan fingerprint density at radius 3 is 2.63 bits per heavy atom. The number of hydrogen-bond donors (Lipinski definition) is 0. The van der Waals surface area contributed by atoms with Crippen LogP contribution in [0.1, 0.15) is 39.2 Å². The molecule has 27 heavy (non-hydrogen) atoms. The molecular formula is C20H24Cl2N2O3. The fraction of sp³-hybridized carbons (Fsp3) is 0.400. The van der Waals surface area contributed by atoms with Crippen LogP contribution in [0.25, 0.3) is 11.8 Å². The van der Waals surface area contributed by atoms with Crippen LogP contribution in [0.4, 0.5) is 0 Å². The fourth-order valence-electron chi connectivity index (χ4n) is 2.48. The monoisotopic (exact) mass is 410 g/mol. The van der Waals surface area contributed by atoms with Crippen LogP contribution < -0.4 is 4.74 Å². The summed E-state index contributed by atoms with van der Waals surface area (Å²) in [5.74, 6) is 0.750. The number of methoxy groups -OCH3 is 1. The van der Waals surface area contributed by atoms with Gasteiger partial charge in [-0.25, -0.2) is 9.78 Å². The predicted molar refractivity (Wildman–Crippen MR) is 109 cm³/mol. The number of hydrogen-bond acceptors (Lipinski definition) is 4. The average Bonchev–Trinajstić information content (AvgIpc) is 3.02. The van der Waals surface area contributed by atoms with Crippen molar-refractivity contribution >= 4 is 35.2 Å². The number of esters is 1. The zero-order valence-corrected chi connectivity index (χ0v) is 17.5. The SMILES string of the molecule is COc1cc(C=C(CCCCl)C(=O)OC(C)(C)C)ccc1-n1ccnc1Cl. The largest absolute Gasteiger partial charge is 0.495 e. The number of rotatable bonds is 7. The Kier molecular flexibility index (Phi) is 7.33. The number of aromatic nitrogens is 2. The maximum absolute atomic E-state index is 12.5. The third-order valence-electron chi connectivity index (χ3n) is 3.64. The summed E-state index contributed by atoms with van der Waals surface area (Å²) in [5, 5.41) is 0.341. The molecule has 0 aliphatic heterocycles. The summed E-state index contributed by atoms with van der Waals surface area (Å²) in [6, 6.07) is 5.60.